The summed E-state index contributed by atoms with van der Waals surface area (Å²) in [5, 5.41) is 28.2. The van der Waals surface area contributed by atoms with E-state index in [2.05, 4.69) is 46.9 Å². The molecule has 0 bridgehead atoms. The van der Waals surface area contributed by atoms with Crippen LogP contribution in [0.15, 0.2) is 43.1 Å². The van der Waals surface area contributed by atoms with Gasteiger partial charge < -0.3 is 19.5 Å². The highest BCUT2D eigenvalue weighted by atomic mass is 19.3. The molecular weight excluding hydrogens is 619 g/mol. The number of alkyl halides is 3. The van der Waals surface area contributed by atoms with Crippen molar-refractivity contribution < 1.29 is 27.4 Å². The number of nitrogens with zero attached hydrogens (tertiary/aromatic N) is 10. The first-order valence-electron chi connectivity index (χ1n) is 15.4. The van der Waals surface area contributed by atoms with E-state index in [0.717, 1.165) is 32.1 Å². The van der Waals surface area contributed by atoms with Gasteiger partial charge in [0, 0.05) is 31.0 Å². The second-order valence-corrected chi connectivity index (χ2v) is 11.4. The van der Waals surface area contributed by atoms with Crippen LogP contribution in [0, 0.1) is 11.3 Å². The van der Waals surface area contributed by atoms with Crippen LogP contribution in [0.4, 0.5) is 24.8 Å². The standard InChI is InChI=1S/C30H34F3N11O3/c1-20(17-43-19-37-40-41-43)46-25-13-21(5-6-22(25)14-34)23-15-35-29(36-16-23)38-24-18-44(39-28(24)47-27(33)26(31)32)30(7-3-2-4-8-30)42-9-11-45-12-10-42/h5-6,13,15-16,18-20,26-27H,2-4,7-12,17H2,1H3,(H,35,36,38). The average Bonchev–Trinajstić information content (AvgIpc) is 3.76. The third-order valence-electron chi connectivity index (χ3n) is 8.28. The molecule has 2 unspecified atom stereocenters. The Morgan fingerprint density at radius 3 is 2.51 bits per heavy atom. The summed E-state index contributed by atoms with van der Waals surface area (Å²) in [4.78, 5) is 11.1. The van der Waals surface area contributed by atoms with Gasteiger partial charge in [0.05, 0.1) is 31.5 Å². The minimum Gasteiger partial charge on any atom is -0.487 e. The van der Waals surface area contributed by atoms with Gasteiger partial charge in [-0.2, -0.15) is 9.65 Å². The molecule has 248 valence electrons. The maximum atomic E-state index is 14.2. The summed E-state index contributed by atoms with van der Waals surface area (Å²) in [6, 6.07) is 7.25. The van der Waals surface area contributed by atoms with Crippen LogP contribution in [0.5, 0.6) is 11.6 Å². The van der Waals surface area contributed by atoms with Gasteiger partial charge in [0.2, 0.25) is 5.95 Å². The summed E-state index contributed by atoms with van der Waals surface area (Å²) in [6.45, 7) is 4.73. The predicted octanol–water partition coefficient (Wildman–Crippen LogP) is 4.30. The monoisotopic (exact) mass is 653 g/mol. The zero-order valence-corrected chi connectivity index (χ0v) is 25.7. The number of tetrazole rings is 1. The molecule has 3 aromatic heterocycles. The van der Waals surface area contributed by atoms with Crippen LogP contribution in [0.3, 0.4) is 0 Å². The SMILES string of the molecule is CC(Cn1cnnn1)Oc1cc(-c2cnc(Nc3cn(C4(N5CCOCC5)CCCCC4)nc3OC(F)C(F)F)nc2)ccc1C#N. The Morgan fingerprint density at radius 2 is 1.83 bits per heavy atom. The molecular formula is C30H34F3N11O3. The number of nitrogens with one attached hydrogen (secondary N) is 1. The van der Waals surface area contributed by atoms with Gasteiger partial charge in [-0.3, -0.25) is 4.90 Å². The lowest BCUT2D eigenvalue weighted by atomic mass is 9.87. The average molecular weight is 654 g/mol. The largest absolute Gasteiger partial charge is 0.487 e. The lowest BCUT2D eigenvalue weighted by molar-refractivity contribution is -0.0870. The molecule has 4 heterocycles. The molecule has 6 rings (SSSR count). The molecule has 0 spiro atoms. The van der Waals surface area contributed by atoms with E-state index >= 15 is 0 Å². The fourth-order valence-corrected chi connectivity index (χ4v) is 6.03. The first kappa shape index (κ1) is 32.1. The Morgan fingerprint density at radius 1 is 1.06 bits per heavy atom. The summed E-state index contributed by atoms with van der Waals surface area (Å²) in [5.74, 6) is 0.182. The summed E-state index contributed by atoms with van der Waals surface area (Å²) in [7, 11) is 0. The van der Waals surface area contributed by atoms with E-state index in [1.807, 2.05) is 6.92 Å². The highest BCUT2D eigenvalue weighted by Crippen LogP contribution is 2.41. The van der Waals surface area contributed by atoms with Crippen LogP contribution < -0.4 is 14.8 Å². The number of ether oxygens (including phenoxy) is 3. The van der Waals surface area contributed by atoms with Gasteiger partial charge in [-0.05, 0) is 60.7 Å². The van der Waals surface area contributed by atoms with Crippen LogP contribution >= 0.6 is 0 Å². The number of rotatable bonds is 12. The smallest absolute Gasteiger partial charge is 0.304 e. The maximum absolute atomic E-state index is 14.2. The molecule has 1 aliphatic carbocycles. The number of benzene rings is 1. The fourth-order valence-electron chi connectivity index (χ4n) is 6.03. The summed E-state index contributed by atoms with van der Waals surface area (Å²) >= 11 is 0. The molecule has 2 fully saturated rings. The number of hydrogen-bond acceptors (Lipinski definition) is 12. The molecule has 1 saturated heterocycles. The molecule has 47 heavy (non-hydrogen) atoms. The van der Waals surface area contributed by atoms with Gasteiger partial charge >= 0.3 is 6.43 Å². The normalized spacial score (nSPS) is 18.0. The van der Waals surface area contributed by atoms with Gasteiger partial charge in [-0.15, -0.1) is 10.2 Å². The third-order valence-corrected chi connectivity index (χ3v) is 8.28. The van der Waals surface area contributed by atoms with Crippen molar-refractivity contribution in [3.05, 3.63) is 48.7 Å². The molecule has 1 N–H and O–H groups in total. The molecule has 1 saturated carbocycles. The number of aromatic nitrogens is 8. The van der Waals surface area contributed by atoms with E-state index in [0.29, 0.717) is 55.3 Å². The second kappa shape index (κ2) is 14.3. The lowest BCUT2D eigenvalue weighted by Gasteiger charge is -2.47. The minimum atomic E-state index is -3.35. The van der Waals surface area contributed by atoms with Crippen molar-refractivity contribution >= 4 is 11.6 Å². The zero-order valence-electron chi connectivity index (χ0n) is 25.7. The van der Waals surface area contributed by atoms with Crippen LogP contribution in [-0.4, -0.2) is 90.0 Å². The van der Waals surface area contributed by atoms with E-state index in [4.69, 9.17) is 14.2 Å². The van der Waals surface area contributed by atoms with Crippen LogP contribution in [0.1, 0.15) is 44.6 Å². The Hall–Kier alpha value is -4.82. The van der Waals surface area contributed by atoms with Crippen molar-refractivity contribution in [1.29, 1.82) is 5.26 Å². The first-order chi connectivity index (χ1) is 22.8. The molecule has 1 aliphatic heterocycles. The topological polar surface area (TPSA) is 154 Å². The van der Waals surface area contributed by atoms with Crippen molar-refractivity contribution in [2.24, 2.45) is 0 Å². The Bertz CT molecular complexity index is 1650. The number of morpholine rings is 1. The zero-order chi connectivity index (χ0) is 32.8. The predicted molar refractivity (Wildman–Crippen MR) is 161 cm³/mol. The maximum Gasteiger partial charge on any atom is 0.304 e. The van der Waals surface area contributed by atoms with Gasteiger partial charge in [-0.1, -0.05) is 12.5 Å². The summed E-state index contributed by atoms with van der Waals surface area (Å²) < 4.78 is 60.4. The highest BCUT2D eigenvalue weighted by molar-refractivity contribution is 5.67. The molecule has 1 aromatic carbocycles. The van der Waals surface area contributed by atoms with E-state index in [9.17, 15) is 18.4 Å². The van der Waals surface area contributed by atoms with Crippen molar-refractivity contribution in [1.82, 2.24) is 44.9 Å². The van der Waals surface area contributed by atoms with E-state index in [1.54, 1.807) is 41.5 Å². The third kappa shape index (κ3) is 7.28. The van der Waals surface area contributed by atoms with Crippen molar-refractivity contribution in [2.75, 3.05) is 31.6 Å². The molecule has 0 amide bonds. The highest BCUT2D eigenvalue weighted by Gasteiger charge is 2.42. The van der Waals surface area contributed by atoms with Gasteiger partial charge in [0.15, 0.2) is 0 Å². The van der Waals surface area contributed by atoms with E-state index < -0.39 is 18.4 Å². The number of hydrogen-bond donors (Lipinski definition) is 1. The van der Waals surface area contributed by atoms with Crippen molar-refractivity contribution in [3.8, 4) is 28.8 Å². The fraction of sp³-hybridized carbons (Fsp3) is 0.500. The summed E-state index contributed by atoms with van der Waals surface area (Å²) in [6.07, 6.45) is 4.26. The van der Waals surface area contributed by atoms with E-state index in [1.165, 1.54) is 11.0 Å². The summed E-state index contributed by atoms with van der Waals surface area (Å²) in [5.41, 5.74) is 1.30. The van der Waals surface area contributed by atoms with Crippen LogP contribution in [-0.2, 0) is 16.9 Å². The molecule has 2 aliphatic rings. The molecule has 0 radical (unpaired) electrons. The number of anilines is 2. The van der Waals surface area contributed by atoms with Gasteiger partial charge in [0.25, 0.3) is 12.2 Å². The minimum absolute atomic E-state index is 0.120. The van der Waals surface area contributed by atoms with Crippen molar-refractivity contribution in [2.45, 2.75) is 70.1 Å². The Labute approximate surface area is 268 Å². The molecule has 17 heteroatoms. The van der Waals surface area contributed by atoms with Gasteiger partial charge in [0.1, 0.15) is 35.6 Å². The van der Waals surface area contributed by atoms with Crippen LogP contribution in [0.2, 0.25) is 0 Å². The van der Waals surface area contributed by atoms with E-state index in [-0.39, 0.29) is 23.6 Å². The lowest BCUT2D eigenvalue weighted by Crippen LogP contribution is -2.56. The van der Waals surface area contributed by atoms with Gasteiger partial charge in [-0.25, -0.2) is 28.1 Å². The second-order valence-electron chi connectivity index (χ2n) is 11.4. The molecule has 4 aromatic rings. The quantitative estimate of drug-likeness (QED) is 0.232. The first-order valence-corrected chi connectivity index (χ1v) is 15.4. The number of halogens is 3. The van der Waals surface area contributed by atoms with Crippen molar-refractivity contribution in [3.63, 3.8) is 0 Å². The Balaban J connectivity index is 1.24. The molecule has 14 nitrogen and oxygen atoms in total. The molecule has 2 atom stereocenters. The number of nitriles is 1. The van der Waals surface area contributed by atoms with Crippen LogP contribution in [0.25, 0.3) is 11.1 Å². The Kier molecular flexibility index (Phi) is 9.78.